The average Bonchev–Trinajstić information content (AvgIpc) is 2.15. The molecule has 0 amide bonds. The Balaban J connectivity index is 2.64. The first kappa shape index (κ1) is 10.2. The minimum Gasteiger partial charge on any atom is -0.427 e. The van der Waals surface area contributed by atoms with Crippen molar-refractivity contribution in [3.05, 3.63) is 42.0 Å². The van der Waals surface area contributed by atoms with Gasteiger partial charge in [0.05, 0.1) is 0 Å². The van der Waals surface area contributed by atoms with Crippen LogP contribution in [0.5, 0.6) is 0 Å². The summed E-state index contributed by atoms with van der Waals surface area (Å²) in [6.45, 7) is 5.93. The van der Waals surface area contributed by atoms with E-state index in [2.05, 4.69) is 30.8 Å². The molecule has 0 saturated carbocycles. The third-order valence-corrected chi connectivity index (χ3v) is 3.23. The molecular formula is C11H16OSi. The summed E-state index contributed by atoms with van der Waals surface area (Å²) in [4.78, 5) is 0. The fourth-order valence-corrected chi connectivity index (χ4v) is 1.95. The third kappa shape index (κ3) is 3.17. The zero-order valence-electron chi connectivity index (χ0n) is 8.34. The molecule has 13 heavy (non-hydrogen) atoms. The minimum atomic E-state index is -0.331. The molecule has 1 aromatic carbocycles. The van der Waals surface area contributed by atoms with Crippen molar-refractivity contribution in [1.29, 1.82) is 0 Å². The zero-order chi connectivity index (χ0) is 9.68. The van der Waals surface area contributed by atoms with Crippen LogP contribution in [0.2, 0.25) is 0 Å². The molecule has 0 aliphatic heterocycles. The molecule has 0 aliphatic rings. The lowest BCUT2D eigenvalue weighted by Crippen LogP contribution is -1.98. The molecule has 0 fully saturated rings. The summed E-state index contributed by atoms with van der Waals surface area (Å²) in [7, 11) is 1.46. The Labute approximate surface area is 82.4 Å². The van der Waals surface area contributed by atoms with Gasteiger partial charge in [0.15, 0.2) is 9.76 Å². The molecule has 1 aromatic rings. The largest absolute Gasteiger partial charge is 0.427 e. The molecule has 0 atom stereocenters. The first-order chi connectivity index (χ1) is 6.24. The number of rotatable bonds is 4. The van der Waals surface area contributed by atoms with Crippen LogP contribution in [0.4, 0.5) is 0 Å². The van der Waals surface area contributed by atoms with Crippen molar-refractivity contribution >= 4 is 15.3 Å². The third-order valence-electron chi connectivity index (χ3n) is 2.04. The maximum atomic E-state index is 5.14. The van der Waals surface area contributed by atoms with E-state index >= 15 is 0 Å². The van der Waals surface area contributed by atoms with Gasteiger partial charge in [0, 0.05) is 7.11 Å². The fourth-order valence-electron chi connectivity index (χ4n) is 1.18. The first-order valence-electron chi connectivity index (χ1n) is 4.48. The molecule has 1 rings (SSSR count). The van der Waals surface area contributed by atoms with Gasteiger partial charge in [0.2, 0.25) is 0 Å². The zero-order valence-corrected chi connectivity index (χ0v) is 9.75. The molecule has 1 nitrogen and oxygen atoms in total. The molecule has 0 radical (unpaired) electrons. The molecule has 0 spiro atoms. The van der Waals surface area contributed by atoms with Crippen LogP contribution in [-0.2, 0) is 10.5 Å². The molecule has 2 heteroatoms. The van der Waals surface area contributed by atoms with Crippen LogP contribution in [0.25, 0.3) is 5.57 Å². The number of allylic oxidation sites excluding steroid dienone is 1. The Morgan fingerprint density at radius 3 is 2.46 bits per heavy atom. The number of benzene rings is 1. The van der Waals surface area contributed by atoms with Crippen molar-refractivity contribution in [2.24, 2.45) is 0 Å². The molecule has 0 aromatic heterocycles. The van der Waals surface area contributed by atoms with Gasteiger partial charge in [0.1, 0.15) is 0 Å². The van der Waals surface area contributed by atoms with Crippen molar-refractivity contribution in [2.45, 2.75) is 13.0 Å². The Morgan fingerprint density at radius 2 is 2.00 bits per heavy atom. The maximum absolute atomic E-state index is 5.14. The molecule has 0 aliphatic carbocycles. The van der Waals surface area contributed by atoms with Crippen molar-refractivity contribution in [3.8, 4) is 0 Å². The summed E-state index contributed by atoms with van der Waals surface area (Å²) >= 11 is 0. The number of hydrogen-bond acceptors (Lipinski definition) is 1. The van der Waals surface area contributed by atoms with Crippen LogP contribution < -0.4 is 0 Å². The molecule has 0 saturated heterocycles. The van der Waals surface area contributed by atoms with E-state index in [1.54, 1.807) is 7.11 Å². The SMILES string of the molecule is C=C(C)c1ccc(C[SiH2]OC)cc1. The van der Waals surface area contributed by atoms with Crippen molar-refractivity contribution in [2.75, 3.05) is 7.11 Å². The van der Waals surface area contributed by atoms with Crippen LogP contribution in [0.3, 0.4) is 0 Å². The van der Waals surface area contributed by atoms with Gasteiger partial charge < -0.3 is 4.43 Å². The van der Waals surface area contributed by atoms with E-state index in [0.717, 1.165) is 11.6 Å². The lowest BCUT2D eigenvalue weighted by molar-refractivity contribution is 0.441. The molecule has 70 valence electrons. The minimum absolute atomic E-state index is 0.331. The van der Waals surface area contributed by atoms with Gasteiger partial charge in [0.25, 0.3) is 0 Å². The van der Waals surface area contributed by atoms with Gasteiger partial charge in [-0.2, -0.15) is 0 Å². The quantitative estimate of drug-likeness (QED) is 0.663. The number of hydrogen-bond donors (Lipinski definition) is 0. The lowest BCUT2D eigenvalue weighted by Gasteiger charge is -2.02. The summed E-state index contributed by atoms with van der Waals surface area (Å²) in [5.74, 6) is 0. The smallest absolute Gasteiger partial charge is 0.165 e. The predicted octanol–water partition coefficient (Wildman–Crippen LogP) is 1.95. The van der Waals surface area contributed by atoms with Gasteiger partial charge in [-0.1, -0.05) is 36.4 Å². The standard InChI is InChI=1S/C11H16OSi/c1-9(2)11-6-4-10(5-7-11)8-13-12-3/h4-7H,1,8,13H2,2-3H3. The second-order valence-electron chi connectivity index (χ2n) is 3.22. The van der Waals surface area contributed by atoms with Crippen molar-refractivity contribution in [1.82, 2.24) is 0 Å². The molecular weight excluding hydrogens is 176 g/mol. The highest BCUT2D eigenvalue weighted by Gasteiger charge is 1.95. The van der Waals surface area contributed by atoms with E-state index in [0.29, 0.717) is 0 Å². The highest BCUT2D eigenvalue weighted by atomic mass is 28.2. The highest BCUT2D eigenvalue weighted by molar-refractivity contribution is 6.26. The first-order valence-corrected chi connectivity index (χ1v) is 6.05. The summed E-state index contributed by atoms with van der Waals surface area (Å²) in [6.07, 6.45) is 0. The maximum Gasteiger partial charge on any atom is 0.165 e. The Hall–Kier alpha value is -0.863. The Bertz CT molecular complexity index is 277. The Morgan fingerprint density at radius 1 is 1.38 bits per heavy atom. The molecule has 0 heterocycles. The van der Waals surface area contributed by atoms with E-state index in [1.165, 1.54) is 11.1 Å². The second kappa shape index (κ2) is 4.99. The van der Waals surface area contributed by atoms with Crippen molar-refractivity contribution < 1.29 is 4.43 Å². The summed E-state index contributed by atoms with van der Waals surface area (Å²) in [5, 5.41) is 0. The van der Waals surface area contributed by atoms with Gasteiger partial charge in [-0.25, -0.2) is 0 Å². The molecule has 0 N–H and O–H groups in total. The van der Waals surface area contributed by atoms with Crippen LogP contribution in [0, 0.1) is 0 Å². The van der Waals surface area contributed by atoms with E-state index in [1.807, 2.05) is 6.92 Å². The molecule has 0 unspecified atom stereocenters. The van der Waals surface area contributed by atoms with Gasteiger partial charge in [-0.15, -0.1) is 0 Å². The van der Waals surface area contributed by atoms with E-state index < -0.39 is 0 Å². The van der Waals surface area contributed by atoms with Crippen LogP contribution in [0.15, 0.2) is 30.8 Å². The summed E-state index contributed by atoms with van der Waals surface area (Å²) in [5.41, 5.74) is 3.72. The lowest BCUT2D eigenvalue weighted by atomic mass is 10.1. The average molecular weight is 192 g/mol. The fraction of sp³-hybridized carbons (Fsp3) is 0.273. The molecule has 0 bridgehead atoms. The van der Waals surface area contributed by atoms with Crippen LogP contribution >= 0.6 is 0 Å². The topological polar surface area (TPSA) is 9.23 Å². The Kier molecular flexibility index (Phi) is 3.93. The van der Waals surface area contributed by atoms with E-state index in [4.69, 9.17) is 4.43 Å². The van der Waals surface area contributed by atoms with Crippen LogP contribution in [-0.4, -0.2) is 16.9 Å². The monoisotopic (exact) mass is 192 g/mol. The van der Waals surface area contributed by atoms with E-state index in [9.17, 15) is 0 Å². The van der Waals surface area contributed by atoms with Gasteiger partial charge >= 0.3 is 0 Å². The summed E-state index contributed by atoms with van der Waals surface area (Å²) < 4.78 is 5.14. The summed E-state index contributed by atoms with van der Waals surface area (Å²) in [6, 6.07) is 9.70. The normalized spacial score (nSPS) is 10.9. The van der Waals surface area contributed by atoms with Crippen LogP contribution in [0.1, 0.15) is 18.1 Å². The van der Waals surface area contributed by atoms with Gasteiger partial charge in [-0.05, 0) is 24.1 Å². The van der Waals surface area contributed by atoms with Crippen molar-refractivity contribution in [3.63, 3.8) is 0 Å². The predicted molar refractivity (Wildman–Crippen MR) is 60.4 cm³/mol. The second-order valence-corrected chi connectivity index (χ2v) is 4.71. The highest BCUT2D eigenvalue weighted by Crippen LogP contribution is 2.12. The van der Waals surface area contributed by atoms with E-state index in [-0.39, 0.29) is 9.76 Å². The van der Waals surface area contributed by atoms with Gasteiger partial charge in [-0.3, -0.25) is 0 Å².